The van der Waals surface area contributed by atoms with E-state index in [2.05, 4.69) is 25.0 Å². The fraction of sp³-hybridized carbons (Fsp3) is 0.429. The molecule has 3 aromatic rings. The summed E-state index contributed by atoms with van der Waals surface area (Å²) in [6.45, 7) is 2.57. The summed E-state index contributed by atoms with van der Waals surface area (Å²) in [4.78, 5) is 15.4. The molecule has 0 bridgehead atoms. The monoisotopic (exact) mass is 397 g/mol. The second-order valence-electron chi connectivity index (χ2n) is 7.99. The molecule has 150 valence electrons. The zero-order chi connectivity index (χ0) is 19.8. The molecule has 6 nitrogen and oxygen atoms in total. The molecular formula is C21H21F2N5O. The average molecular weight is 397 g/mol. The van der Waals surface area contributed by atoms with Crippen molar-refractivity contribution in [3.63, 3.8) is 0 Å². The molecule has 0 N–H and O–H groups in total. The van der Waals surface area contributed by atoms with Gasteiger partial charge in [0.15, 0.2) is 11.6 Å². The van der Waals surface area contributed by atoms with Crippen LogP contribution in [0.25, 0.3) is 11.5 Å². The van der Waals surface area contributed by atoms with E-state index in [9.17, 15) is 8.78 Å². The Labute approximate surface area is 167 Å². The summed E-state index contributed by atoms with van der Waals surface area (Å²) >= 11 is 0. The van der Waals surface area contributed by atoms with Crippen LogP contribution < -0.4 is 0 Å². The molecule has 29 heavy (non-hydrogen) atoms. The van der Waals surface area contributed by atoms with Crippen LogP contribution in [0.15, 0.2) is 41.3 Å². The first-order valence-electron chi connectivity index (χ1n) is 9.91. The molecule has 0 spiro atoms. The largest absolute Gasteiger partial charge is 0.338 e. The number of rotatable bonds is 5. The van der Waals surface area contributed by atoms with Crippen molar-refractivity contribution in [3.05, 3.63) is 59.9 Å². The predicted molar refractivity (Wildman–Crippen MR) is 101 cm³/mol. The van der Waals surface area contributed by atoms with Crippen LogP contribution in [0.2, 0.25) is 0 Å². The summed E-state index contributed by atoms with van der Waals surface area (Å²) in [7, 11) is 0. The van der Waals surface area contributed by atoms with E-state index in [0.717, 1.165) is 44.5 Å². The highest BCUT2D eigenvalue weighted by atomic mass is 19.2. The number of benzene rings is 1. The van der Waals surface area contributed by atoms with Gasteiger partial charge in [0.25, 0.3) is 0 Å². The number of nitrogens with zero attached hydrogens (tertiary/aromatic N) is 5. The highest BCUT2D eigenvalue weighted by Crippen LogP contribution is 2.50. The van der Waals surface area contributed by atoms with Gasteiger partial charge in [-0.05, 0) is 42.9 Å². The van der Waals surface area contributed by atoms with E-state index in [0.29, 0.717) is 29.7 Å². The minimum absolute atomic E-state index is 0.137. The maximum atomic E-state index is 13.5. The SMILES string of the molecule is Fc1ccc(CCN2C[C@H]3CCC[C@@]3(c3nc(-c4cnccn4)no3)C2)cc1F. The second-order valence-corrected chi connectivity index (χ2v) is 7.99. The van der Waals surface area contributed by atoms with Gasteiger partial charge in [0.2, 0.25) is 11.7 Å². The lowest BCUT2D eigenvalue weighted by Crippen LogP contribution is -2.33. The van der Waals surface area contributed by atoms with Crippen molar-refractivity contribution in [1.82, 2.24) is 25.0 Å². The summed E-state index contributed by atoms with van der Waals surface area (Å²) < 4.78 is 32.3. The maximum Gasteiger partial charge on any atom is 0.234 e. The molecule has 1 aromatic carbocycles. The fourth-order valence-corrected chi connectivity index (χ4v) is 4.84. The Bertz CT molecular complexity index is 1010. The van der Waals surface area contributed by atoms with Gasteiger partial charge in [-0.25, -0.2) is 13.8 Å². The molecule has 1 aliphatic carbocycles. The number of halogens is 2. The summed E-state index contributed by atoms with van der Waals surface area (Å²) in [5.74, 6) is 0.00493. The number of hydrogen-bond donors (Lipinski definition) is 0. The van der Waals surface area contributed by atoms with Crippen LogP contribution in [0, 0.1) is 17.6 Å². The molecule has 0 unspecified atom stereocenters. The van der Waals surface area contributed by atoms with Crippen molar-refractivity contribution in [2.75, 3.05) is 19.6 Å². The van der Waals surface area contributed by atoms with Crippen LogP contribution >= 0.6 is 0 Å². The van der Waals surface area contributed by atoms with Crippen molar-refractivity contribution in [3.8, 4) is 11.5 Å². The zero-order valence-electron chi connectivity index (χ0n) is 15.9. The number of fused-ring (bicyclic) bond motifs is 1. The van der Waals surface area contributed by atoms with E-state index < -0.39 is 11.6 Å². The molecule has 2 aromatic heterocycles. The van der Waals surface area contributed by atoms with Gasteiger partial charge in [-0.1, -0.05) is 17.6 Å². The molecule has 1 saturated carbocycles. The molecule has 0 radical (unpaired) electrons. The highest BCUT2D eigenvalue weighted by molar-refractivity contribution is 5.46. The number of likely N-dealkylation sites (tertiary alicyclic amines) is 1. The summed E-state index contributed by atoms with van der Waals surface area (Å²) in [5, 5.41) is 4.14. The third kappa shape index (κ3) is 3.31. The first kappa shape index (κ1) is 18.3. The molecule has 0 amide bonds. The summed E-state index contributed by atoms with van der Waals surface area (Å²) in [6, 6.07) is 4.13. The van der Waals surface area contributed by atoms with E-state index in [4.69, 9.17) is 4.52 Å². The van der Waals surface area contributed by atoms with Crippen LogP contribution in [-0.2, 0) is 11.8 Å². The smallest absolute Gasteiger partial charge is 0.234 e. The molecule has 1 aliphatic heterocycles. The third-order valence-electron chi connectivity index (χ3n) is 6.29. The van der Waals surface area contributed by atoms with Crippen molar-refractivity contribution in [2.45, 2.75) is 31.1 Å². The van der Waals surface area contributed by atoms with Gasteiger partial charge in [0, 0.05) is 32.0 Å². The molecule has 8 heteroatoms. The Kier molecular flexibility index (Phi) is 4.58. The van der Waals surface area contributed by atoms with E-state index in [1.807, 2.05) is 0 Å². The van der Waals surface area contributed by atoms with Crippen molar-refractivity contribution < 1.29 is 13.3 Å². The van der Waals surface area contributed by atoms with E-state index in [1.165, 1.54) is 12.1 Å². The molecule has 2 fully saturated rings. The molecular weight excluding hydrogens is 376 g/mol. The van der Waals surface area contributed by atoms with E-state index in [-0.39, 0.29) is 5.41 Å². The quantitative estimate of drug-likeness (QED) is 0.657. The van der Waals surface area contributed by atoms with E-state index in [1.54, 1.807) is 24.7 Å². The van der Waals surface area contributed by atoms with Gasteiger partial charge in [0.1, 0.15) is 5.69 Å². The molecule has 2 atom stereocenters. The Morgan fingerprint density at radius 2 is 2.14 bits per heavy atom. The Balaban J connectivity index is 1.32. The van der Waals surface area contributed by atoms with Gasteiger partial charge >= 0.3 is 0 Å². The fourth-order valence-electron chi connectivity index (χ4n) is 4.84. The van der Waals surface area contributed by atoms with Crippen molar-refractivity contribution in [2.24, 2.45) is 5.92 Å². The van der Waals surface area contributed by atoms with Crippen LogP contribution in [0.3, 0.4) is 0 Å². The minimum Gasteiger partial charge on any atom is -0.338 e. The van der Waals surface area contributed by atoms with Gasteiger partial charge in [-0.3, -0.25) is 4.98 Å². The number of aromatic nitrogens is 4. The average Bonchev–Trinajstić information content (AvgIpc) is 3.44. The van der Waals surface area contributed by atoms with Crippen molar-refractivity contribution in [1.29, 1.82) is 0 Å². The first-order chi connectivity index (χ1) is 14.1. The van der Waals surface area contributed by atoms with Gasteiger partial charge < -0.3 is 9.42 Å². The van der Waals surface area contributed by atoms with Gasteiger partial charge in [-0.15, -0.1) is 0 Å². The highest BCUT2D eigenvalue weighted by Gasteiger charge is 2.54. The predicted octanol–water partition coefficient (Wildman–Crippen LogP) is 3.40. The Morgan fingerprint density at radius 1 is 1.21 bits per heavy atom. The van der Waals surface area contributed by atoms with Gasteiger partial charge in [-0.2, -0.15) is 4.98 Å². The molecule has 3 heterocycles. The van der Waals surface area contributed by atoms with Crippen LogP contribution in [-0.4, -0.2) is 44.6 Å². The maximum absolute atomic E-state index is 13.5. The topological polar surface area (TPSA) is 67.9 Å². The van der Waals surface area contributed by atoms with E-state index >= 15 is 0 Å². The normalized spacial score (nSPS) is 24.1. The Hall–Kier alpha value is -2.74. The van der Waals surface area contributed by atoms with Crippen LogP contribution in [0.1, 0.15) is 30.7 Å². The Morgan fingerprint density at radius 3 is 2.97 bits per heavy atom. The summed E-state index contributed by atoms with van der Waals surface area (Å²) in [5.41, 5.74) is 1.26. The lowest BCUT2D eigenvalue weighted by atomic mass is 9.80. The van der Waals surface area contributed by atoms with Gasteiger partial charge in [0.05, 0.1) is 11.6 Å². The summed E-state index contributed by atoms with van der Waals surface area (Å²) in [6.07, 6.45) is 8.81. The second kappa shape index (κ2) is 7.26. The van der Waals surface area contributed by atoms with Crippen molar-refractivity contribution >= 4 is 0 Å². The first-order valence-corrected chi connectivity index (χ1v) is 9.91. The molecule has 5 rings (SSSR count). The minimum atomic E-state index is -0.807. The third-order valence-corrected chi connectivity index (χ3v) is 6.29. The lowest BCUT2D eigenvalue weighted by Gasteiger charge is -2.24. The van der Waals surface area contributed by atoms with Crippen LogP contribution in [0.4, 0.5) is 8.78 Å². The lowest BCUT2D eigenvalue weighted by molar-refractivity contribution is 0.248. The van der Waals surface area contributed by atoms with Crippen LogP contribution in [0.5, 0.6) is 0 Å². The standard InChI is InChI=1S/C21H21F2N5O/c22-16-4-3-14(10-17(16)23)5-9-28-12-15-2-1-6-21(15,13-28)20-26-19(27-29-20)18-11-24-7-8-25-18/h3-4,7-8,10-11,15H,1-2,5-6,9,12-13H2/t15-,21-/m1/s1. The molecule has 2 aliphatic rings. The number of hydrogen-bond acceptors (Lipinski definition) is 6. The zero-order valence-corrected chi connectivity index (χ0v) is 15.9. The molecule has 1 saturated heterocycles.